The second-order valence-corrected chi connectivity index (χ2v) is 7.06. The summed E-state index contributed by atoms with van der Waals surface area (Å²) < 4.78 is 5.30. The molecule has 0 aromatic carbocycles. The number of alkyl carbamates (subject to hydrolysis) is 1. The molecule has 5 nitrogen and oxygen atoms in total. The van der Waals surface area contributed by atoms with Gasteiger partial charge in [-0.25, -0.2) is 4.79 Å². The Hall–Kier alpha value is -0.810. The Balaban J connectivity index is 2.24. The molecule has 21 heavy (non-hydrogen) atoms. The molecule has 0 saturated heterocycles. The van der Waals surface area contributed by atoms with Crippen LogP contribution < -0.4 is 5.32 Å². The van der Waals surface area contributed by atoms with Gasteiger partial charge < -0.3 is 20.1 Å². The highest BCUT2D eigenvalue weighted by Crippen LogP contribution is 2.23. The zero-order valence-electron chi connectivity index (χ0n) is 14.0. The molecule has 0 aromatic rings. The maximum atomic E-state index is 11.7. The number of ether oxygens (including phenoxy) is 1. The number of amides is 1. The molecule has 0 bridgehead atoms. The van der Waals surface area contributed by atoms with E-state index in [0.717, 1.165) is 45.1 Å². The van der Waals surface area contributed by atoms with Gasteiger partial charge in [0.1, 0.15) is 5.60 Å². The van der Waals surface area contributed by atoms with Crippen LogP contribution in [0.1, 0.15) is 59.3 Å². The van der Waals surface area contributed by atoms with Gasteiger partial charge in [-0.3, -0.25) is 0 Å². The van der Waals surface area contributed by atoms with Crippen LogP contribution in [-0.2, 0) is 4.74 Å². The molecule has 1 aliphatic carbocycles. The molecule has 0 radical (unpaired) electrons. The number of rotatable bonds is 6. The molecule has 0 atom stereocenters. The fourth-order valence-electron chi connectivity index (χ4n) is 2.79. The highest BCUT2D eigenvalue weighted by molar-refractivity contribution is 5.68. The molecular weight excluding hydrogens is 268 g/mol. The Morgan fingerprint density at radius 2 is 1.86 bits per heavy atom. The first-order chi connectivity index (χ1) is 9.81. The van der Waals surface area contributed by atoms with Gasteiger partial charge in [0.15, 0.2) is 0 Å². The van der Waals surface area contributed by atoms with Crippen molar-refractivity contribution in [2.24, 2.45) is 0 Å². The van der Waals surface area contributed by atoms with Crippen molar-refractivity contribution in [2.45, 2.75) is 77.0 Å². The van der Waals surface area contributed by atoms with E-state index >= 15 is 0 Å². The third-order valence-electron chi connectivity index (χ3n) is 3.96. The van der Waals surface area contributed by atoms with E-state index in [-0.39, 0.29) is 18.7 Å². The first-order valence-electron chi connectivity index (χ1n) is 8.12. The fraction of sp³-hybridized carbons (Fsp3) is 0.938. The zero-order valence-corrected chi connectivity index (χ0v) is 14.0. The molecule has 1 rings (SSSR count). The molecule has 0 aliphatic heterocycles. The molecule has 2 N–H and O–H groups in total. The number of nitrogens with zero attached hydrogens (tertiary/aromatic N) is 1. The molecule has 0 unspecified atom stereocenters. The summed E-state index contributed by atoms with van der Waals surface area (Å²) in [5.74, 6) is 0. The van der Waals surface area contributed by atoms with Crippen LogP contribution in [-0.4, -0.2) is 54.0 Å². The van der Waals surface area contributed by atoms with Gasteiger partial charge in [-0.2, -0.15) is 0 Å². The van der Waals surface area contributed by atoms with Gasteiger partial charge >= 0.3 is 6.09 Å². The lowest BCUT2D eigenvalue weighted by molar-refractivity contribution is 0.0480. The van der Waals surface area contributed by atoms with E-state index in [4.69, 9.17) is 9.84 Å². The quantitative estimate of drug-likeness (QED) is 0.740. The Morgan fingerprint density at radius 1 is 1.24 bits per heavy atom. The lowest BCUT2D eigenvalue weighted by Gasteiger charge is -2.35. The average molecular weight is 300 g/mol. The summed E-state index contributed by atoms with van der Waals surface area (Å²) in [4.78, 5) is 14.1. The van der Waals surface area contributed by atoms with Gasteiger partial charge in [0.2, 0.25) is 0 Å². The first kappa shape index (κ1) is 18.2. The minimum Gasteiger partial charge on any atom is -0.444 e. The fourth-order valence-corrected chi connectivity index (χ4v) is 2.79. The van der Waals surface area contributed by atoms with Crippen LogP contribution in [0, 0.1) is 0 Å². The first-order valence-corrected chi connectivity index (χ1v) is 8.12. The molecule has 1 aliphatic rings. The number of hydrogen-bond acceptors (Lipinski definition) is 4. The summed E-state index contributed by atoms with van der Waals surface area (Å²) in [6.07, 6.45) is 5.85. The van der Waals surface area contributed by atoms with E-state index in [9.17, 15) is 4.79 Å². The number of hydrogen-bond donors (Lipinski definition) is 2. The number of unbranched alkanes of at least 4 members (excludes halogenated alkanes) is 1. The number of aliphatic hydroxyl groups is 1. The summed E-state index contributed by atoms with van der Waals surface area (Å²) in [7, 11) is 2.16. The van der Waals surface area contributed by atoms with Crippen molar-refractivity contribution in [3.05, 3.63) is 0 Å². The molecule has 1 amide bonds. The Bertz CT molecular complexity index is 307. The van der Waals surface area contributed by atoms with Crippen LogP contribution in [0.4, 0.5) is 4.79 Å². The smallest absolute Gasteiger partial charge is 0.407 e. The van der Waals surface area contributed by atoms with E-state index in [1.165, 1.54) is 0 Å². The largest absolute Gasteiger partial charge is 0.444 e. The lowest BCUT2D eigenvalue weighted by atomic mass is 9.90. The van der Waals surface area contributed by atoms with Crippen molar-refractivity contribution in [3.63, 3.8) is 0 Å². The van der Waals surface area contributed by atoms with Crippen molar-refractivity contribution >= 4 is 6.09 Å². The van der Waals surface area contributed by atoms with E-state index < -0.39 is 5.60 Å². The minimum atomic E-state index is -0.436. The van der Waals surface area contributed by atoms with Gasteiger partial charge in [-0.1, -0.05) is 0 Å². The minimum absolute atomic E-state index is 0.238. The number of aliphatic hydroxyl groups excluding tert-OH is 1. The molecule has 0 aromatic heterocycles. The van der Waals surface area contributed by atoms with E-state index in [1.807, 2.05) is 20.8 Å². The Morgan fingerprint density at radius 3 is 2.38 bits per heavy atom. The molecule has 1 saturated carbocycles. The third-order valence-corrected chi connectivity index (χ3v) is 3.96. The van der Waals surface area contributed by atoms with Gasteiger partial charge in [0.25, 0.3) is 0 Å². The van der Waals surface area contributed by atoms with Gasteiger partial charge in [0, 0.05) is 18.7 Å². The standard InChI is InChI=1S/C16H32N2O3/c1-16(2,3)21-15(20)17-13-7-9-14(10-8-13)18(4)11-5-6-12-19/h13-14,19H,5-12H2,1-4H3,(H,17,20). The molecule has 124 valence electrons. The average Bonchev–Trinajstić information content (AvgIpc) is 2.37. The molecule has 5 heteroatoms. The predicted molar refractivity (Wildman–Crippen MR) is 84.4 cm³/mol. The monoisotopic (exact) mass is 300 g/mol. The maximum absolute atomic E-state index is 11.7. The zero-order chi connectivity index (χ0) is 15.9. The molecule has 0 spiro atoms. The second kappa shape index (κ2) is 8.59. The molecule has 0 heterocycles. The number of carbonyl (C=O) groups excluding carboxylic acids is 1. The normalized spacial score (nSPS) is 23.1. The van der Waals surface area contributed by atoms with Crippen LogP contribution in [0.5, 0.6) is 0 Å². The Labute approximate surface area is 129 Å². The second-order valence-electron chi connectivity index (χ2n) is 7.06. The highest BCUT2D eigenvalue weighted by atomic mass is 16.6. The summed E-state index contributed by atoms with van der Waals surface area (Å²) in [6, 6.07) is 0.835. The molecule has 1 fully saturated rings. The van der Waals surface area contributed by atoms with Gasteiger partial charge in [-0.15, -0.1) is 0 Å². The van der Waals surface area contributed by atoms with Crippen LogP contribution in [0.25, 0.3) is 0 Å². The molecular formula is C16H32N2O3. The predicted octanol–water partition coefficient (Wildman–Crippen LogP) is 2.53. The summed E-state index contributed by atoms with van der Waals surface area (Å²) in [5.41, 5.74) is -0.436. The van der Waals surface area contributed by atoms with Gasteiger partial charge in [-0.05, 0) is 72.9 Å². The van der Waals surface area contributed by atoms with Crippen molar-refractivity contribution in [3.8, 4) is 0 Å². The van der Waals surface area contributed by atoms with Crippen molar-refractivity contribution in [1.82, 2.24) is 10.2 Å². The van der Waals surface area contributed by atoms with Crippen LogP contribution in [0.3, 0.4) is 0 Å². The number of carbonyl (C=O) groups is 1. The van der Waals surface area contributed by atoms with Crippen LogP contribution >= 0.6 is 0 Å². The van der Waals surface area contributed by atoms with Crippen molar-refractivity contribution in [1.29, 1.82) is 0 Å². The van der Waals surface area contributed by atoms with Crippen molar-refractivity contribution < 1.29 is 14.6 Å². The topological polar surface area (TPSA) is 61.8 Å². The SMILES string of the molecule is CN(CCCCO)C1CCC(NC(=O)OC(C)(C)C)CC1. The highest BCUT2D eigenvalue weighted by Gasteiger charge is 2.26. The van der Waals surface area contributed by atoms with Crippen molar-refractivity contribution in [2.75, 3.05) is 20.2 Å². The van der Waals surface area contributed by atoms with E-state index in [1.54, 1.807) is 0 Å². The van der Waals surface area contributed by atoms with Crippen LogP contribution in [0.2, 0.25) is 0 Å². The maximum Gasteiger partial charge on any atom is 0.407 e. The van der Waals surface area contributed by atoms with E-state index in [2.05, 4.69) is 17.3 Å². The van der Waals surface area contributed by atoms with E-state index in [0.29, 0.717) is 6.04 Å². The lowest BCUT2D eigenvalue weighted by Crippen LogP contribution is -2.44. The number of nitrogens with one attached hydrogen (secondary N) is 1. The summed E-state index contributed by atoms with van der Waals surface area (Å²) in [5, 5.41) is 11.8. The van der Waals surface area contributed by atoms with Gasteiger partial charge in [0.05, 0.1) is 0 Å². The summed E-state index contributed by atoms with van der Waals surface area (Å²) >= 11 is 0. The summed E-state index contributed by atoms with van der Waals surface area (Å²) in [6.45, 7) is 6.95. The third kappa shape index (κ3) is 7.67. The van der Waals surface area contributed by atoms with Crippen LogP contribution in [0.15, 0.2) is 0 Å². The Kier molecular flexibility index (Phi) is 7.46.